The molecule has 1 aromatic heterocycles. The molecule has 5 atom stereocenters. The first-order valence-electron chi connectivity index (χ1n) is 9.11. The van der Waals surface area contributed by atoms with Crippen LogP contribution in [0.5, 0.6) is 0 Å². The first-order chi connectivity index (χ1) is 12.1. The van der Waals surface area contributed by atoms with Gasteiger partial charge in [0.1, 0.15) is 5.78 Å². The number of carbonyl (C=O) groups is 2. The van der Waals surface area contributed by atoms with Crippen LogP contribution in [0.2, 0.25) is 0 Å². The Labute approximate surface area is 146 Å². The van der Waals surface area contributed by atoms with Crippen molar-refractivity contribution in [3.05, 3.63) is 30.0 Å². The Kier molecular flexibility index (Phi) is 3.25. The van der Waals surface area contributed by atoms with Crippen LogP contribution in [-0.4, -0.2) is 51.0 Å². The Bertz CT molecular complexity index is 857. The summed E-state index contributed by atoms with van der Waals surface area (Å²) in [6.45, 7) is 0.617. The summed E-state index contributed by atoms with van der Waals surface area (Å²) in [5, 5.41) is 8.53. The number of hydrogen-bond acceptors (Lipinski definition) is 4. The van der Waals surface area contributed by atoms with Crippen LogP contribution in [0.4, 0.5) is 0 Å². The zero-order chi connectivity index (χ0) is 17.1. The van der Waals surface area contributed by atoms with Gasteiger partial charge in [0.25, 0.3) is 5.91 Å². The maximum Gasteiger partial charge on any atom is 0.272 e. The van der Waals surface area contributed by atoms with Crippen molar-refractivity contribution >= 4 is 22.6 Å². The number of amides is 1. The molecule has 1 amide bonds. The number of para-hydroxylation sites is 1. The number of piperidine rings is 4. The van der Waals surface area contributed by atoms with Crippen LogP contribution < -0.4 is 5.32 Å². The van der Waals surface area contributed by atoms with Gasteiger partial charge in [0.05, 0.1) is 12.1 Å². The number of ketones is 1. The number of fused-ring (bicyclic) bond motifs is 2. The zero-order valence-electron chi connectivity index (χ0n) is 14.3. The molecule has 4 aliphatic rings. The lowest BCUT2D eigenvalue weighted by Gasteiger charge is -2.54. The van der Waals surface area contributed by atoms with Crippen molar-refractivity contribution in [1.29, 1.82) is 0 Å². The SMILES string of the molecule is Cn1nc(C(=O)NC2CC3C[C@@H]4C[C@H](C2)N3CC4=O)c2ccccc21. The summed E-state index contributed by atoms with van der Waals surface area (Å²) in [5.41, 5.74) is 1.47. The van der Waals surface area contributed by atoms with Crippen molar-refractivity contribution in [3.8, 4) is 0 Å². The Morgan fingerprint density at radius 2 is 1.88 bits per heavy atom. The van der Waals surface area contributed by atoms with Crippen LogP contribution in [0.25, 0.3) is 10.9 Å². The second-order valence-electron chi connectivity index (χ2n) is 7.75. The van der Waals surface area contributed by atoms with Gasteiger partial charge >= 0.3 is 0 Å². The van der Waals surface area contributed by atoms with Crippen LogP contribution in [0, 0.1) is 5.92 Å². The molecular weight excluding hydrogens is 316 g/mol. The molecule has 130 valence electrons. The zero-order valence-corrected chi connectivity index (χ0v) is 14.3. The van der Waals surface area contributed by atoms with Crippen LogP contribution in [-0.2, 0) is 11.8 Å². The Balaban J connectivity index is 1.34. The van der Waals surface area contributed by atoms with Crippen LogP contribution in [0.15, 0.2) is 24.3 Å². The monoisotopic (exact) mass is 338 g/mol. The minimum atomic E-state index is -0.0852. The van der Waals surface area contributed by atoms with Crippen molar-refractivity contribution in [1.82, 2.24) is 20.0 Å². The Morgan fingerprint density at radius 1 is 1.16 bits per heavy atom. The summed E-state index contributed by atoms with van der Waals surface area (Å²) >= 11 is 0. The molecule has 0 saturated carbocycles. The topological polar surface area (TPSA) is 67.2 Å². The summed E-state index contributed by atoms with van der Waals surface area (Å²) in [7, 11) is 1.87. The van der Waals surface area contributed by atoms with Crippen molar-refractivity contribution in [2.45, 2.75) is 43.8 Å². The van der Waals surface area contributed by atoms with Crippen molar-refractivity contribution in [3.63, 3.8) is 0 Å². The van der Waals surface area contributed by atoms with Gasteiger partial charge in [-0.05, 0) is 31.7 Å². The average molecular weight is 338 g/mol. The van der Waals surface area contributed by atoms with E-state index in [2.05, 4.69) is 15.3 Å². The van der Waals surface area contributed by atoms with Crippen molar-refractivity contribution < 1.29 is 9.59 Å². The quantitative estimate of drug-likeness (QED) is 0.901. The number of aromatic nitrogens is 2. The molecule has 0 spiro atoms. The maximum absolute atomic E-state index is 12.8. The highest BCUT2D eigenvalue weighted by Gasteiger charge is 2.48. The van der Waals surface area contributed by atoms with Gasteiger partial charge < -0.3 is 5.32 Å². The standard InChI is InChI=1S/C19H22N4O2/c1-22-16-5-3-2-4-15(16)18(21-22)19(25)20-12-8-13-6-11-7-14(9-12)23(13)10-17(11)24/h2-5,11-14H,6-10H2,1H3,(H,20,25)/t11-,12?,13+,14?/m0/s1. The highest BCUT2D eigenvalue weighted by molar-refractivity contribution is 6.04. The fraction of sp³-hybridized carbons (Fsp3) is 0.526. The molecule has 4 saturated heterocycles. The predicted octanol–water partition coefficient (Wildman–Crippen LogP) is 1.50. The minimum Gasteiger partial charge on any atom is -0.348 e. The van der Waals surface area contributed by atoms with E-state index in [1.54, 1.807) is 4.68 Å². The molecular formula is C19H22N4O2. The van der Waals surface area contributed by atoms with Gasteiger partial charge in [0, 0.05) is 36.5 Å². The average Bonchev–Trinajstić information content (AvgIpc) is 2.92. The highest BCUT2D eigenvalue weighted by Crippen LogP contribution is 2.41. The third kappa shape index (κ3) is 2.31. The van der Waals surface area contributed by atoms with Crippen molar-refractivity contribution in [2.24, 2.45) is 13.0 Å². The maximum atomic E-state index is 12.8. The number of nitrogens with one attached hydrogen (secondary N) is 1. The molecule has 6 heteroatoms. The predicted molar refractivity (Wildman–Crippen MR) is 93.2 cm³/mol. The number of rotatable bonds is 2. The second kappa shape index (κ2) is 5.39. The third-order valence-electron chi connectivity index (χ3n) is 6.27. The van der Waals surface area contributed by atoms with Gasteiger partial charge in [-0.25, -0.2) is 0 Å². The van der Waals surface area contributed by atoms with E-state index in [1.165, 1.54) is 0 Å². The van der Waals surface area contributed by atoms with E-state index in [1.807, 2.05) is 31.3 Å². The fourth-order valence-corrected chi connectivity index (χ4v) is 5.12. The van der Waals surface area contributed by atoms with Crippen LogP contribution in [0.1, 0.15) is 36.2 Å². The second-order valence-corrected chi connectivity index (χ2v) is 7.75. The Hall–Kier alpha value is -2.21. The lowest BCUT2D eigenvalue weighted by atomic mass is 9.71. The van der Waals surface area contributed by atoms with E-state index in [0.717, 1.165) is 36.6 Å². The molecule has 0 radical (unpaired) electrons. The lowest BCUT2D eigenvalue weighted by molar-refractivity contribution is -0.141. The highest BCUT2D eigenvalue weighted by atomic mass is 16.2. The number of carbonyl (C=O) groups excluding carboxylic acids is 2. The molecule has 25 heavy (non-hydrogen) atoms. The first kappa shape index (κ1) is 15.1. The molecule has 0 aliphatic carbocycles. The van der Waals surface area contributed by atoms with Gasteiger partial charge in [-0.3, -0.25) is 19.2 Å². The number of nitrogens with zero attached hydrogens (tertiary/aromatic N) is 3. The summed E-state index contributed by atoms with van der Waals surface area (Å²) in [4.78, 5) is 27.1. The van der Waals surface area contributed by atoms with Crippen LogP contribution in [0.3, 0.4) is 0 Å². The third-order valence-corrected chi connectivity index (χ3v) is 6.27. The molecule has 6 rings (SSSR count). The first-order valence-corrected chi connectivity index (χ1v) is 9.11. The van der Waals surface area contributed by atoms with Crippen molar-refractivity contribution in [2.75, 3.05) is 6.54 Å². The van der Waals surface area contributed by atoms with E-state index < -0.39 is 0 Å². The smallest absolute Gasteiger partial charge is 0.272 e. The molecule has 5 heterocycles. The van der Waals surface area contributed by atoms with Gasteiger partial charge in [-0.1, -0.05) is 18.2 Å². The fourth-order valence-electron chi connectivity index (χ4n) is 5.12. The molecule has 6 nitrogen and oxygen atoms in total. The minimum absolute atomic E-state index is 0.0852. The van der Waals surface area contributed by atoms with E-state index in [-0.39, 0.29) is 17.9 Å². The molecule has 4 aliphatic heterocycles. The van der Waals surface area contributed by atoms with E-state index in [0.29, 0.717) is 30.1 Å². The molecule has 3 unspecified atom stereocenters. The van der Waals surface area contributed by atoms with Gasteiger partial charge in [-0.15, -0.1) is 0 Å². The normalized spacial score (nSPS) is 33.6. The lowest BCUT2D eigenvalue weighted by Crippen LogP contribution is -2.64. The van der Waals surface area contributed by atoms with Gasteiger partial charge in [-0.2, -0.15) is 5.10 Å². The summed E-state index contributed by atoms with van der Waals surface area (Å²) in [5.74, 6) is 0.587. The number of Topliss-reactive ketones (excluding diaryl/α,β-unsaturated/α-hetero) is 1. The van der Waals surface area contributed by atoms with Gasteiger partial charge in [0.15, 0.2) is 5.69 Å². The number of aryl methyl sites for hydroxylation is 1. The Morgan fingerprint density at radius 3 is 2.60 bits per heavy atom. The molecule has 4 bridgehead atoms. The van der Waals surface area contributed by atoms with Gasteiger partial charge in [0.2, 0.25) is 0 Å². The van der Waals surface area contributed by atoms with E-state index in [9.17, 15) is 9.59 Å². The number of hydrogen-bond donors (Lipinski definition) is 1. The largest absolute Gasteiger partial charge is 0.348 e. The van der Waals surface area contributed by atoms with E-state index in [4.69, 9.17) is 0 Å². The molecule has 4 fully saturated rings. The summed E-state index contributed by atoms with van der Waals surface area (Å²) in [6, 6.07) is 8.88. The molecule has 1 N–H and O–H groups in total. The van der Waals surface area contributed by atoms with E-state index >= 15 is 0 Å². The molecule has 2 aromatic rings. The summed E-state index contributed by atoms with van der Waals surface area (Å²) < 4.78 is 1.76. The number of benzene rings is 1. The van der Waals surface area contributed by atoms with Crippen LogP contribution >= 0.6 is 0 Å². The summed E-state index contributed by atoms with van der Waals surface area (Å²) in [6.07, 6.45) is 3.82. The molecule has 1 aromatic carbocycles.